The average Bonchev–Trinajstić information content (AvgIpc) is 2.84. The Morgan fingerprint density at radius 1 is 1.24 bits per heavy atom. The molecule has 0 radical (unpaired) electrons. The summed E-state index contributed by atoms with van der Waals surface area (Å²) in [7, 11) is 2.88. The van der Waals surface area contributed by atoms with Gasteiger partial charge in [0.2, 0.25) is 12.3 Å². The summed E-state index contributed by atoms with van der Waals surface area (Å²) in [5.41, 5.74) is 0.811. The summed E-state index contributed by atoms with van der Waals surface area (Å²) in [6, 6.07) is 12.1. The molecule has 8 nitrogen and oxygen atoms in total. The number of benzene rings is 2. The van der Waals surface area contributed by atoms with Gasteiger partial charge in [0.05, 0.1) is 24.4 Å². The summed E-state index contributed by atoms with van der Waals surface area (Å²) in [6.45, 7) is 1.98. The van der Waals surface area contributed by atoms with E-state index in [-0.39, 0.29) is 23.8 Å². The van der Waals surface area contributed by atoms with E-state index in [1.165, 1.54) is 24.1 Å². The van der Waals surface area contributed by atoms with Gasteiger partial charge in [-0.2, -0.15) is 5.26 Å². The Balaban J connectivity index is 2.24. The summed E-state index contributed by atoms with van der Waals surface area (Å²) in [5.74, 6) is -1.20. The van der Waals surface area contributed by atoms with Crippen molar-refractivity contribution in [3.63, 3.8) is 0 Å². The molecular formula is C24H26ClFN4O4. The number of halogens is 2. The quantitative estimate of drug-likeness (QED) is 0.474. The number of hydrogen-bond donors (Lipinski definition) is 0. The van der Waals surface area contributed by atoms with E-state index in [1.54, 1.807) is 36.2 Å². The van der Waals surface area contributed by atoms with E-state index in [2.05, 4.69) is 0 Å². The molecule has 2 aromatic rings. The third kappa shape index (κ3) is 7.18. The standard InChI is InChI=1S/C24H26ClFN4O4/c1-17(10-11-28(2)24(33)34-3)30(14-18-4-7-20(25)8-5-18)23(32)15-29(16-31)22-9-6-19(13-27)12-21(22)26/h4-9,12,16-17H,10-11,14-15H2,1-3H3. The van der Waals surface area contributed by atoms with E-state index < -0.39 is 24.4 Å². The highest BCUT2D eigenvalue weighted by Crippen LogP contribution is 2.21. The van der Waals surface area contributed by atoms with Crippen molar-refractivity contribution in [2.45, 2.75) is 25.9 Å². The second-order valence-electron chi connectivity index (χ2n) is 7.69. The highest BCUT2D eigenvalue weighted by atomic mass is 35.5. The fraction of sp³-hybridized carbons (Fsp3) is 0.333. The van der Waals surface area contributed by atoms with Crippen LogP contribution in [0.5, 0.6) is 0 Å². The molecule has 2 rings (SSSR count). The van der Waals surface area contributed by atoms with Crippen LogP contribution in [0.1, 0.15) is 24.5 Å². The van der Waals surface area contributed by atoms with E-state index in [0.29, 0.717) is 24.4 Å². The Kier molecular flexibility index (Phi) is 9.83. The summed E-state index contributed by atoms with van der Waals surface area (Å²) >= 11 is 5.96. The molecule has 0 aliphatic heterocycles. The van der Waals surface area contributed by atoms with E-state index >= 15 is 0 Å². The number of nitrogens with zero attached hydrogens (tertiary/aromatic N) is 4. The minimum atomic E-state index is -0.782. The topological polar surface area (TPSA) is 93.9 Å². The molecule has 180 valence electrons. The molecule has 0 bridgehead atoms. The molecule has 0 N–H and O–H groups in total. The first-order valence-electron chi connectivity index (χ1n) is 10.4. The van der Waals surface area contributed by atoms with Crippen molar-refractivity contribution < 1.29 is 23.5 Å². The van der Waals surface area contributed by atoms with Crippen LogP contribution in [-0.4, -0.2) is 61.5 Å². The molecule has 0 aliphatic rings. The maximum Gasteiger partial charge on any atom is 0.409 e. The van der Waals surface area contributed by atoms with E-state index in [9.17, 15) is 18.8 Å². The predicted octanol–water partition coefficient (Wildman–Crippen LogP) is 3.82. The highest BCUT2D eigenvalue weighted by molar-refractivity contribution is 6.30. The Labute approximate surface area is 203 Å². The van der Waals surface area contributed by atoms with E-state index in [0.717, 1.165) is 16.5 Å². The Bertz CT molecular complexity index is 1060. The number of ether oxygens (including phenoxy) is 1. The van der Waals surface area contributed by atoms with Gasteiger partial charge in [0.1, 0.15) is 12.4 Å². The molecule has 10 heteroatoms. The zero-order chi connectivity index (χ0) is 25.3. The maximum absolute atomic E-state index is 14.4. The van der Waals surface area contributed by atoms with Crippen molar-refractivity contribution in [2.24, 2.45) is 0 Å². The Morgan fingerprint density at radius 3 is 2.47 bits per heavy atom. The zero-order valence-electron chi connectivity index (χ0n) is 19.2. The highest BCUT2D eigenvalue weighted by Gasteiger charge is 2.25. The van der Waals surface area contributed by atoms with Gasteiger partial charge < -0.3 is 19.4 Å². The number of carbonyl (C=O) groups excluding carboxylic acids is 3. The van der Waals surface area contributed by atoms with Gasteiger partial charge in [0.15, 0.2) is 0 Å². The van der Waals surface area contributed by atoms with Gasteiger partial charge in [-0.3, -0.25) is 9.59 Å². The van der Waals surface area contributed by atoms with Crippen LogP contribution in [0.2, 0.25) is 5.02 Å². The Morgan fingerprint density at radius 2 is 1.91 bits per heavy atom. The van der Waals surface area contributed by atoms with Crippen LogP contribution >= 0.6 is 11.6 Å². The summed E-state index contributed by atoms with van der Waals surface area (Å²) in [6.07, 6.45) is 0.321. The number of nitriles is 1. The molecule has 0 saturated heterocycles. The molecule has 34 heavy (non-hydrogen) atoms. The molecule has 0 saturated carbocycles. The molecule has 0 aliphatic carbocycles. The van der Waals surface area contributed by atoms with Crippen LogP contribution < -0.4 is 4.90 Å². The maximum atomic E-state index is 14.4. The zero-order valence-corrected chi connectivity index (χ0v) is 20.0. The SMILES string of the molecule is COC(=O)N(C)CCC(C)N(Cc1ccc(Cl)cc1)C(=O)CN(C=O)c1ccc(C#N)cc1F. The number of anilines is 1. The lowest BCUT2D eigenvalue weighted by atomic mass is 10.1. The second kappa shape index (κ2) is 12.6. The third-order valence-electron chi connectivity index (χ3n) is 5.31. The smallest absolute Gasteiger partial charge is 0.409 e. The fourth-order valence-corrected chi connectivity index (χ4v) is 3.41. The largest absolute Gasteiger partial charge is 0.453 e. The first kappa shape index (κ1) is 26.6. The summed E-state index contributed by atoms with van der Waals surface area (Å²) < 4.78 is 19.1. The van der Waals surface area contributed by atoms with Crippen molar-refractivity contribution in [2.75, 3.05) is 32.1 Å². The van der Waals surface area contributed by atoms with Crippen molar-refractivity contribution >= 4 is 35.7 Å². The van der Waals surface area contributed by atoms with Crippen molar-refractivity contribution in [1.29, 1.82) is 5.26 Å². The molecule has 1 atom stereocenters. The van der Waals surface area contributed by atoms with Crippen molar-refractivity contribution in [3.8, 4) is 6.07 Å². The van der Waals surface area contributed by atoms with Gasteiger partial charge in [-0.05, 0) is 49.2 Å². The van der Waals surface area contributed by atoms with Gasteiger partial charge in [0, 0.05) is 31.2 Å². The van der Waals surface area contributed by atoms with Gasteiger partial charge in [-0.25, -0.2) is 9.18 Å². The van der Waals surface area contributed by atoms with E-state index in [4.69, 9.17) is 21.6 Å². The number of hydrogen-bond acceptors (Lipinski definition) is 5. The first-order valence-corrected chi connectivity index (χ1v) is 10.8. The first-order chi connectivity index (χ1) is 16.2. The van der Waals surface area contributed by atoms with Crippen LogP contribution in [0, 0.1) is 17.1 Å². The van der Waals surface area contributed by atoms with Gasteiger partial charge >= 0.3 is 6.09 Å². The lowest BCUT2D eigenvalue weighted by Crippen LogP contribution is -2.45. The molecule has 0 aromatic heterocycles. The minimum Gasteiger partial charge on any atom is -0.453 e. The number of carbonyl (C=O) groups is 3. The molecule has 0 heterocycles. The monoisotopic (exact) mass is 488 g/mol. The van der Waals surface area contributed by atoms with Crippen molar-refractivity contribution in [3.05, 3.63) is 64.4 Å². The molecular weight excluding hydrogens is 463 g/mol. The van der Waals surface area contributed by atoms with Gasteiger partial charge in [-0.15, -0.1) is 0 Å². The second-order valence-corrected chi connectivity index (χ2v) is 8.13. The lowest BCUT2D eigenvalue weighted by Gasteiger charge is -2.32. The molecule has 1 unspecified atom stereocenters. The van der Waals surface area contributed by atoms with Crippen LogP contribution in [0.4, 0.5) is 14.9 Å². The normalized spacial score (nSPS) is 11.2. The number of amides is 3. The molecule has 2 aromatic carbocycles. The van der Waals surface area contributed by atoms with Crippen LogP contribution in [-0.2, 0) is 20.9 Å². The molecule has 3 amide bonds. The van der Waals surface area contributed by atoms with Gasteiger partial charge in [-0.1, -0.05) is 23.7 Å². The summed E-state index contributed by atoms with van der Waals surface area (Å²) in [5, 5.41) is 9.48. The van der Waals surface area contributed by atoms with Crippen LogP contribution in [0.3, 0.4) is 0 Å². The number of methoxy groups -OCH3 is 1. The van der Waals surface area contributed by atoms with Crippen LogP contribution in [0.25, 0.3) is 0 Å². The van der Waals surface area contributed by atoms with Crippen molar-refractivity contribution in [1.82, 2.24) is 9.80 Å². The predicted molar refractivity (Wildman–Crippen MR) is 126 cm³/mol. The summed E-state index contributed by atoms with van der Waals surface area (Å²) in [4.78, 5) is 40.6. The Hall–Kier alpha value is -3.64. The average molecular weight is 489 g/mol. The lowest BCUT2D eigenvalue weighted by molar-refractivity contribution is -0.133. The fourth-order valence-electron chi connectivity index (χ4n) is 3.28. The van der Waals surface area contributed by atoms with Gasteiger partial charge in [0.25, 0.3) is 0 Å². The molecule has 0 spiro atoms. The van der Waals surface area contributed by atoms with E-state index in [1.807, 2.05) is 13.0 Å². The third-order valence-corrected chi connectivity index (χ3v) is 5.56. The van der Waals surface area contributed by atoms with Crippen LogP contribution in [0.15, 0.2) is 42.5 Å². The minimum absolute atomic E-state index is 0.103. The number of rotatable bonds is 10. The molecule has 0 fully saturated rings.